The third kappa shape index (κ3) is 2.94. The number of nitrogens with zero attached hydrogens (tertiary/aromatic N) is 1. The highest BCUT2D eigenvalue weighted by atomic mass is 19.1. The number of pyridine rings is 1. The summed E-state index contributed by atoms with van der Waals surface area (Å²) >= 11 is 0. The highest BCUT2D eigenvalue weighted by molar-refractivity contribution is 5.83. The van der Waals surface area contributed by atoms with Crippen LogP contribution in [0.4, 0.5) is 15.9 Å². The number of nitrogen functional groups attached to an aromatic ring is 1. The molecular formula is C17H16FN3. The first kappa shape index (κ1) is 13.4. The SMILES string of the molecule is CC(Nc1ccc2cc(N)ccc2n1)c1cccc(F)c1. The molecule has 1 aromatic heterocycles. The minimum Gasteiger partial charge on any atom is -0.399 e. The maximum absolute atomic E-state index is 13.3. The second-order valence-corrected chi connectivity index (χ2v) is 5.07. The van der Waals surface area contributed by atoms with Crippen molar-refractivity contribution < 1.29 is 4.39 Å². The van der Waals surface area contributed by atoms with Crippen molar-refractivity contribution in [1.29, 1.82) is 0 Å². The van der Waals surface area contributed by atoms with Crippen molar-refractivity contribution in [3.63, 3.8) is 0 Å². The monoisotopic (exact) mass is 281 g/mol. The summed E-state index contributed by atoms with van der Waals surface area (Å²) in [4.78, 5) is 4.54. The Kier molecular flexibility index (Phi) is 3.44. The molecule has 0 bridgehead atoms. The third-order valence-corrected chi connectivity index (χ3v) is 3.43. The number of hydrogen-bond donors (Lipinski definition) is 2. The zero-order valence-electron chi connectivity index (χ0n) is 11.7. The van der Waals surface area contributed by atoms with Gasteiger partial charge in [0.1, 0.15) is 11.6 Å². The van der Waals surface area contributed by atoms with Gasteiger partial charge in [-0.05, 0) is 55.0 Å². The van der Waals surface area contributed by atoms with Gasteiger partial charge in [-0.2, -0.15) is 0 Å². The molecule has 0 fully saturated rings. The van der Waals surface area contributed by atoms with Gasteiger partial charge >= 0.3 is 0 Å². The van der Waals surface area contributed by atoms with Crippen molar-refractivity contribution in [1.82, 2.24) is 4.98 Å². The number of benzene rings is 2. The summed E-state index contributed by atoms with van der Waals surface area (Å²) in [5, 5.41) is 4.28. The summed E-state index contributed by atoms with van der Waals surface area (Å²) in [6.45, 7) is 1.98. The van der Waals surface area contributed by atoms with Crippen LogP contribution in [-0.4, -0.2) is 4.98 Å². The van der Waals surface area contributed by atoms with Gasteiger partial charge in [0.15, 0.2) is 0 Å². The van der Waals surface area contributed by atoms with Crippen molar-refractivity contribution in [2.75, 3.05) is 11.1 Å². The topological polar surface area (TPSA) is 50.9 Å². The van der Waals surface area contributed by atoms with Crippen molar-refractivity contribution >= 4 is 22.4 Å². The molecule has 0 amide bonds. The van der Waals surface area contributed by atoms with E-state index in [9.17, 15) is 4.39 Å². The van der Waals surface area contributed by atoms with Crippen molar-refractivity contribution in [2.24, 2.45) is 0 Å². The predicted molar refractivity (Wildman–Crippen MR) is 84.6 cm³/mol. The average Bonchev–Trinajstić information content (AvgIpc) is 2.47. The number of nitrogens with two attached hydrogens (primary N) is 1. The highest BCUT2D eigenvalue weighted by Gasteiger charge is 2.07. The number of rotatable bonds is 3. The van der Waals surface area contributed by atoms with Crippen LogP contribution in [0.15, 0.2) is 54.6 Å². The van der Waals surface area contributed by atoms with Gasteiger partial charge in [0.2, 0.25) is 0 Å². The second kappa shape index (κ2) is 5.40. The molecule has 1 unspecified atom stereocenters. The highest BCUT2D eigenvalue weighted by Crippen LogP contribution is 2.22. The maximum Gasteiger partial charge on any atom is 0.127 e. The van der Waals surface area contributed by atoms with Crippen LogP contribution < -0.4 is 11.1 Å². The first-order valence-corrected chi connectivity index (χ1v) is 6.80. The Morgan fingerprint density at radius 1 is 1.10 bits per heavy atom. The van der Waals surface area contributed by atoms with Crippen LogP contribution >= 0.6 is 0 Å². The molecule has 4 heteroatoms. The molecule has 0 spiro atoms. The summed E-state index contributed by atoms with van der Waals surface area (Å²) < 4.78 is 13.3. The molecule has 3 aromatic rings. The Morgan fingerprint density at radius 3 is 2.76 bits per heavy atom. The molecule has 2 aromatic carbocycles. The maximum atomic E-state index is 13.3. The number of fused-ring (bicyclic) bond motifs is 1. The van der Waals surface area contributed by atoms with Gasteiger partial charge in [0.25, 0.3) is 0 Å². The van der Waals surface area contributed by atoms with E-state index in [-0.39, 0.29) is 11.9 Å². The van der Waals surface area contributed by atoms with E-state index >= 15 is 0 Å². The largest absolute Gasteiger partial charge is 0.399 e. The molecule has 3 rings (SSSR count). The molecule has 1 heterocycles. The van der Waals surface area contributed by atoms with Crippen molar-refractivity contribution in [3.8, 4) is 0 Å². The Bertz CT molecular complexity index is 786. The fourth-order valence-corrected chi connectivity index (χ4v) is 2.31. The number of hydrogen-bond acceptors (Lipinski definition) is 3. The number of aromatic nitrogens is 1. The molecule has 0 aliphatic carbocycles. The van der Waals surface area contributed by atoms with Crippen LogP contribution in [-0.2, 0) is 0 Å². The van der Waals surface area contributed by atoms with Crippen molar-refractivity contribution in [3.05, 3.63) is 66.0 Å². The lowest BCUT2D eigenvalue weighted by Gasteiger charge is -2.15. The van der Waals surface area contributed by atoms with Crippen molar-refractivity contribution in [2.45, 2.75) is 13.0 Å². The summed E-state index contributed by atoms with van der Waals surface area (Å²) in [5.74, 6) is 0.520. The van der Waals surface area contributed by atoms with E-state index in [4.69, 9.17) is 5.73 Å². The molecule has 1 atom stereocenters. The molecule has 0 saturated heterocycles. The first-order chi connectivity index (χ1) is 10.1. The zero-order valence-corrected chi connectivity index (χ0v) is 11.7. The van der Waals surface area contributed by atoms with Gasteiger partial charge in [-0.3, -0.25) is 0 Å². The van der Waals surface area contributed by atoms with Gasteiger partial charge in [0.05, 0.1) is 11.6 Å². The number of anilines is 2. The Morgan fingerprint density at radius 2 is 1.95 bits per heavy atom. The third-order valence-electron chi connectivity index (χ3n) is 3.43. The van der Waals surface area contributed by atoms with Gasteiger partial charge < -0.3 is 11.1 Å². The van der Waals surface area contributed by atoms with Crippen LogP contribution in [0, 0.1) is 5.82 Å². The summed E-state index contributed by atoms with van der Waals surface area (Å²) in [7, 11) is 0. The van der Waals surface area contributed by atoms with E-state index in [1.54, 1.807) is 6.07 Å². The van der Waals surface area contributed by atoms with Gasteiger partial charge in [-0.1, -0.05) is 12.1 Å². The quantitative estimate of drug-likeness (QED) is 0.710. The molecule has 21 heavy (non-hydrogen) atoms. The fraction of sp³-hybridized carbons (Fsp3) is 0.118. The molecule has 0 saturated carbocycles. The Labute approximate surface area is 122 Å². The van der Waals surface area contributed by atoms with Crippen LogP contribution in [0.1, 0.15) is 18.5 Å². The molecule has 0 aliphatic rings. The summed E-state index contributed by atoms with van der Waals surface area (Å²) in [5.41, 5.74) is 8.23. The van der Waals surface area contributed by atoms with E-state index in [1.807, 2.05) is 43.3 Å². The van der Waals surface area contributed by atoms with E-state index < -0.39 is 0 Å². The van der Waals surface area contributed by atoms with Gasteiger partial charge in [0, 0.05) is 11.1 Å². The van der Waals surface area contributed by atoms with Gasteiger partial charge in [-0.15, -0.1) is 0 Å². The number of nitrogens with one attached hydrogen (secondary N) is 1. The minimum atomic E-state index is -0.233. The lowest BCUT2D eigenvalue weighted by Crippen LogP contribution is -2.08. The summed E-state index contributed by atoms with van der Waals surface area (Å²) in [6, 6.07) is 16.0. The normalized spacial score (nSPS) is 12.3. The van der Waals surface area contributed by atoms with Crippen LogP contribution in [0.25, 0.3) is 10.9 Å². The second-order valence-electron chi connectivity index (χ2n) is 5.07. The molecule has 3 nitrogen and oxygen atoms in total. The van der Waals surface area contributed by atoms with E-state index in [1.165, 1.54) is 12.1 Å². The van der Waals surface area contributed by atoms with Crippen LogP contribution in [0.3, 0.4) is 0 Å². The number of halogens is 1. The van der Waals surface area contributed by atoms with E-state index in [0.717, 1.165) is 28.0 Å². The van der Waals surface area contributed by atoms with Crippen LogP contribution in [0.2, 0.25) is 0 Å². The Balaban J connectivity index is 1.86. The molecule has 0 radical (unpaired) electrons. The van der Waals surface area contributed by atoms with E-state index in [2.05, 4.69) is 10.3 Å². The van der Waals surface area contributed by atoms with Gasteiger partial charge in [-0.25, -0.2) is 9.37 Å². The first-order valence-electron chi connectivity index (χ1n) is 6.80. The lowest BCUT2D eigenvalue weighted by molar-refractivity contribution is 0.623. The molecule has 106 valence electrons. The summed E-state index contributed by atoms with van der Waals surface area (Å²) in [6.07, 6.45) is 0. The lowest BCUT2D eigenvalue weighted by atomic mass is 10.1. The average molecular weight is 281 g/mol. The smallest absolute Gasteiger partial charge is 0.127 e. The molecule has 0 aliphatic heterocycles. The predicted octanol–water partition coefficient (Wildman–Crippen LogP) is 4.13. The standard InChI is InChI=1S/C17H16FN3/c1-11(12-3-2-4-14(18)9-12)20-17-8-5-13-10-15(19)6-7-16(13)21-17/h2-11H,19H2,1H3,(H,20,21). The van der Waals surface area contributed by atoms with E-state index in [0.29, 0.717) is 0 Å². The molecular weight excluding hydrogens is 265 g/mol. The Hall–Kier alpha value is -2.62. The molecule has 3 N–H and O–H groups in total. The zero-order chi connectivity index (χ0) is 14.8. The van der Waals surface area contributed by atoms with Crippen LogP contribution in [0.5, 0.6) is 0 Å². The fourth-order valence-electron chi connectivity index (χ4n) is 2.31. The minimum absolute atomic E-state index is 0.0283.